The summed E-state index contributed by atoms with van der Waals surface area (Å²) in [7, 11) is 0. The molecule has 1 unspecified atom stereocenters. The molecule has 1 atom stereocenters. The van der Waals surface area contributed by atoms with E-state index in [9.17, 15) is 4.79 Å². The van der Waals surface area contributed by atoms with Crippen LogP contribution in [-0.2, 0) is 14.3 Å². The van der Waals surface area contributed by atoms with E-state index in [-0.39, 0.29) is 5.97 Å². The second-order valence-electron chi connectivity index (χ2n) is 8.07. The number of benzene rings is 3. The van der Waals surface area contributed by atoms with Crippen molar-refractivity contribution in [1.29, 1.82) is 0 Å². The number of carbonyl (C=O) groups excluding carboxylic acids is 1. The Labute approximate surface area is 177 Å². The molecular weight excluding hydrogens is 384 g/mol. The van der Waals surface area contributed by atoms with Crippen molar-refractivity contribution in [2.24, 2.45) is 0 Å². The highest BCUT2D eigenvalue weighted by atomic mass is 35.5. The molecule has 0 saturated heterocycles. The van der Waals surface area contributed by atoms with Crippen molar-refractivity contribution in [3.05, 3.63) is 70.7 Å². The zero-order valence-corrected chi connectivity index (χ0v) is 18.3. The Balaban J connectivity index is 2.34. The van der Waals surface area contributed by atoms with E-state index in [0.29, 0.717) is 11.6 Å². The first kappa shape index (κ1) is 21.4. The van der Waals surface area contributed by atoms with Gasteiger partial charge in [-0.3, -0.25) is 0 Å². The maximum Gasteiger partial charge on any atom is 0.339 e. The first-order valence-electron chi connectivity index (χ1n) is 9.84. The monoisotopic (exact) mass is 410 g/mol. The van der Waals surface area contributed by atoms with Crippen LogP contribution in [0.2, 0.25) is 5.02 Å². The highest BCUT2D eigenvalue weighted by Crippen LogP contribution is 2.41. The van der Waals surface area contributed by atoms with Gasteiger partial charge in [-0.2, -0.15) is 0 Å². The number of ether oxygens (including phenoxy) is 2. The van der Waals surface area contributed by atoms with Gasteiger partial charge in [-0.1, -0.05) is 54.1 Å². The van der Waals surface area contributed by atoms with Crippen LogP contribution in [0.15, 0.2) is 54.6 Å². The van der Waals surface area contributed by atoms with Crippen molar-refractivity contribution >= 4 is 28.3 Å². The summed E-state index contributed by atoms with van der Waals surface area (Å²) in [5.41, 5.74) is 3.25. The Morgan fingerprint density at radius 1 is 1.07 bits per heavy atom. The third-order valence-electron chi connectivity index (χ3n) is 4.66. The lowest BCUT2D eigenvalue weighted by molar-refractivity contribution is -0.166. The molecular formula is C25H27ClO3. The van der Waals surface area contributed by atoms with Crippen molar-refractivity contribution in [2.45, 2.75) is 46.3 Å². The predicted octanol–water partition coefficient (Wildman–Crippen LogP) is 6.89. The van der Waals surface area contributed by atoms with Crippen LogP contribution in [0.25, 0.3) is 21.9 Å². The molecule has 0 aliphatic rings. The van der Waals surface area contributed by atoms with E-state index in [4.69, 9.17) is 21.1 Å². The summed E-state index contributed by atoms with van der Waals surface area (Å²) in [4.78, 5) is 13.0. The molecule has 0 saturated carbocycles. The van der Waals surface area contributed by atoms with E-state index < -0.39 is 11.7 Å². The molecule has 0 aliphatic heterocycles. The second-order valence-corrected chi connectivity index (χ2v) is 8.51. The van der Waals surface area contributed by atoms with Gasteiger partial charge in [0.15, 0.2) is 6.10 Å². The van der Waals surface area contributed by atoms with Crippen LogP contribution in [0.4, 0.5) is 0 Å². The molecule has 29 heavy (non-hydrogen) atoms. The molecule has 0 N–H and O–H groups in total. The number of halogens is 1. The summed E-state index contributed by atoms with van der Waals surface area (Å²) < 4.78 is 11.6. The standard InChI is InChI=1S/C25H27ClO3/c1-6-28-24(27)23(29-25(3,4)5)21-16(2)15-18-9-7-8-10-20(18)22(21)17-11-13-19(26)14-12-17/h7-15,23H,6H2,1-5H3. The zero-order chi connectivity index (χ0) is 21.2. The summed E-state index contributed by atoms with van der Waals surface area (Å²) >= 11 is 6.13. The van der Waals surface area contributed by atoms with Gasteiger partial charge >= 0.3 is 5.97 Å². The van der Waals surface area contributed by atoms with Gasteiger partial charge in [0.05, 0.1) is 12.2 Å². The van der Waals surface area contributed by atoms with Crippen molar-refractivity contribution < 1.29 is 14.3 Å². The molecule has 0 radical (unpaired) electrons. The van der Waals surface area contributed by atoms with Gasteiger partial charge in [0.2, 0.25) is 0 Å². The molecule has 0 spiro atoms. The molecule has 3 aromatic rings. The number of hydrogen-bond acceptors (Lipinski definition) is 3. The quantitative estimate of drug-likeness (QED) is 0.429. The van der Waals surface area contributed by atoms with Gasteiger partial charge in [-0.05, 0) is 74.2 Å². The fourth-order valence-electron chi connectivity index (χ4n) is 3.57. The van der Waals surface area contributed by atoms with Crippen molar-refractivity contribution in [2.75, 3.05) is 6.61 Å². The van der Waals surface area contributed by atoms with E-state index in [1.807, 2.05) is 64.1 Å². The van der Waals surface area contributed by atoms with Gasteiger partial charge in [0.1, 0.15) is 0 Å². The summed E-state index contributed by atoms with van der Waals surface area (Å²) in [5.74, 6) is -0.379. The maximum absolute atomic E-state index is 13.0. The molecule has 0 amide bonds. The largest absolute Gasteiger partial charge is 0.464 e. The molecule has 3 aromatic carbocycles. The summed E-state index contributed by atoms with van der Waals surface area (Å²) in [6.45, 7) is 9.94. The van der Waals surface area contributed by atoms with Crippen molar-refractivity contribution in [3.63, 3.8) is 0 Å². The summed E-state index contributed by atoms with van der Waals surface area (Å²) in [6, 6.07) is 18.0. The molecule has 0 heterocycles. The Bertz CT molecular complexity index is 1020. The average molecular weight is 411 g/mol. The van der Waals surface area contributed by atoms with Crippen LogP contribution in [0.1, 0.15) is 44.9 Å². The third-order valence-corrected chi connectivity index (χ3v) is 4.92. The molecule has 0 bridgehead atoms. The van der Waals surface area contributed by atoms with Gasteiger partial charge in [0, 0.05) is 10.6 Å². The van der Waals surface area contributed by atoms with Crippen LogP contribution in [0, 0.1) is 6.92 Å². The average Bonchev–Trinajstić information content (AvgIpc) is 2.65. The lowest BCUT2D eigenvalue weighted by Gasteiger charge is -2.29. The Morgan fingerprint density at radius 3 is 2.34 bits per heavy atom. The Morgan fingerprint density at radius 2 is 1.72 bits per heavy atom. The predicted molar refractivity (Wildman–Crippen MR) is 119 cm³/mol. The lowest BCUT2D eigenvalue weighted by atomic mass is 9.87. The van der Waals surface area contributed by atoms with Crippen molar-refractivity contribution in [3.8, 4) is 11.1 Å². The smallest absolute Gasteiger partial charge is 0.339 e. The highest BCUT2D eigenvalue weighted by Gasteiger charge is 2.32. The number of carbonyl (C=O) groups is 1. The number of hydrogen-bond donors (Lipinski definition) is 0. The topological polar surface area (TPSA) is 35.5 Å². The van der Waals surface area contributed by atoms with Crippen LogP contribution in [-0.4, -0.2) is 18.2 Å². The van der Waals surface area contributed by atoms with Gasteiger partial charge in [-0.15, -0.1) is 0 Å². The number of esters is 1. The molecule has 0 aliphatic carbocycles. The van der Waals surface area contributed by atoms with Gasteiger partial charge < -0.3 is 9.47 Å². The minimum absolute atomic E-state index is 0.297. The second kappa shape index (κ2) is 8.56. The molecule has 3 rings (SSSR count). The summed E-state index contributed by atoms with van der Waals surface area (Å²) in [5, 5.41) is 2.83. The zero-order valence-electron chi connectivity index (χ0n) is 17.6. The maximum atomic E-state index is 13.0. The van der Waals surface area contributed by atoms with E-state index in [1.165, 1.54) is 0 Å². The summed E-state index contributed by atoms with van der Waals surface area (Å²) in [6.07, 6.45) is -0.828. The first-order valence-corrected chi connectivity index (χ1v) is 10.2. The van der Waals surface area contributed by atoms with Crippen LogP contribution in [0.3, 0.4) is 0 Å². The third kappa shape index (κ3) is 4.80. The normalized spacial score (nSPS) is 12.8. The number of aryl methyl sites for hydroxylation is 1. The Hall–Kier alpha value is -2.36. The van der Waals surface area contributed by atoms with E-state index >= 15 is 0 Å². The molecule has 4 heteroatoms. The van der Waals surface area contributed by atoms with E-state index in [0.717, 1.165) is 33.0 Å². The minimum Gasteiger partial charge on any atom is -0.464 e. The SMILES string of the molecule is CCOC(=O)C(OC(C)(C)C)c1c(C)cc2ccccc2c1-c1ccc(Cl)cc1. The molecule has 0 aromatic heterocycles. The van der Waals surface area contributed by atoms with Gasteiger partial charge in [0.25, 0.3) is 0 Å². The highest BCUT2D eigenvalue weighted by molar-refractivity contribution is 6.30. The van der Waals surface area contributed by atoms with Crippen molar-refractivity contribution in [1.82, 2.24) is 0 Å². The van der Waals surface area contributed by atoms with Crippen LogP contribution < -0.4 is 0 Å². The van der Waals surface area contributed by atoms with Crippen LogP contribution >= 0.6 is 11.6 Å². The molecule has 3 nitrogen and oxygen atoms in total. The lowest BCUT2D eigenvalue weighted by Crippen LogP contribution is -2.29. The van der Waals surface area contributed by atoms with Crippen LogP contribution in [0.5, 0.6) is 0 Å². The van der Waals surface area contributed by atoms with Gasteiger partial charge in [-0.25, -0.2) is 4.79 Å². The fraction of sp³-hybridized carbons (Fsp3) is 0.320. The molecule has 0 fully saturated rings. The Kier molecular flexibility index (Phi) is 6.30. The fourth-order valence-corrected chi connectivity index (χ4v) is 3.69. The number of rotatable bonds is 5. The molecule has 152 valence electrons. The minimum atomic E-state index is -0.828. The van der Waals surface area contributed by atoms with E-state index in [1.54, 1.807) is 6.92 Å². The first-order chi connectivity index (χ1) is 13.7. The van der Waals surface area contributed by atoms with E-state index in [2.05, 4.69) is 18.2 Å². The number of fused-ring (bicyclic) bond motifs is 1.